The molecule has 0 atom stereocenters. The van der Waals surface area contributed by atoms with Crippen LogP contribution in [0, 0.1) is 5.92 Å². The predicted octanol–water partition coefficient (Wildman–Crippen LogP) is 4.56. The summed E-state index contributed by atoms with van der Waals surface area (Å²) in [4.78, 5) is 23.5. The van der Waals surface area contributed by atoms with E-state index in [1.165, 1.54) is 0 Å². The Bertz CT molecular complexity index is 974. The van der Waals surface area contributed by atoms with Crippen molar-refractivity contribution in [1.82, 2.24) is 9.97 Å². The molecule has 1 aliphatic heterocycles. The number of carbonyl (C=O) groups is 1. The van der Waals surface area contributed by atoms with Gasteiger partial charge in [0, 0.05) is 43.2 Å². The minimum atomic E-state index is -0.0216. The lowest BCUT2D eigenvalue weighted by Gasteiger charge is -2.32. The molecule has 0 bridgehead atoms. The maximum absolute atomic E-state index is 12.7. The molecule has 3 heterocycles. The van der Waals surface area contributed by atoms with Gasteiger partial charge in [-0.05, 0) is 49.2 Å². The van der Waals surface area contributed by atoms with Crippen LogP contribution >= 0.6 is 11.6 Å². The van der Waals surface area contributed by atoms with E-state index >= 15 is 0 Å². The van der Waals surface area contributed by atoms with Crippen molar-refractivity contribution in [3.8, 4) is 5.75 Å². The third-order valence-electron chi connectivity index (χ3n) is 5.12. The van der Waals surface area contributed by atoms with Gasteiger partial charge in [0.05, 0.1) is 10.7 Å². The summed E-state index contributed by atoms with van der Waals surface area (Å²) in [6.45, 7) is 1.97. The highest BCUT2D eigenvalue weighted by molar-refractivity contribution is 6.30. The molecule has 1 amide bonds. The van der Waals surface area contributed by atoms with Gasteiger partial charge in [-0.25, -0.2) is 4.98 Å². The quantitative estimate of drug-likeness (QED) is 0.630. The lowest BCUT2D eigenvalue weighted by atomic mass is 9.96. The molecule has 1 aromatic carbocycles. The average molecular weight is 423 g/mol. The van der Waals surface area contributed by atoms with Crippen LogP contribution in [-0.2, 0) is 11.4 Å². The number of anilines is 2. The van der Waals surface area contributed by atoms with Crippen molar-refractivity contribution < 1.29 is 9.53 Å². The number of ether oxygens (including phenoxy) is 1. The Labute approximate surface area is 180 Å². The fourth-order valence-corrected chi connectivity index (χ4v) is 3.59. The SMILES string of the molecule is O=C(Nc1cccc(OCc2ccccn2)c1)C1CCN(c2ccc(Cl)cn2)CC1. The van der Waals surface area contributed by atoms with E-state index in [-0.39, 0.29) is 11.8 Å². The van der Waals surface area contributed by atoms with Crippen molar-refractivity contribution in [2.24, 2.45) is 5.92 Å². The van der Waals surface area contributed by atoms with Gasteiger partial charge in [0.2, 0.25) is 5.91 Å². The molecule has 154 valence electrons. The fraction of sp³-hybridized carbons (Fsp3) is 0.261. The molecule has 7 heteroatoms. The summed E-state index contributed by atoms with van der Waals surface area (Å²) in [5.74, 6) is 1.62. The second kappa shape index (κ2) is 9.59. The van der Waals surface area contributed by atoms with Crippen LogP contribution in [0.1, 0.15) is 18.5 Å². The maximum Gasteiger partial charge on any atom is 0.227 e. The van der Waals surface area contributed by atoms with Crippen LogP contribution in [0.4, 0.5) is 11.5 Å². The van der Waals surface area contributed by atoms with E-state index in [9.17, 15) is 4.79 Å². The number of rotatable bonds is 6. The van der Waals surface area contributed by atoms with E-state index in [0.717, 1.165) is 43.1 Å². The zero-order valence-corrected chi connectivity index (χ0v) is 17.3. The van der Waals surface area contributed by atoms with Crippen LogP contribution < -0.4 is 15.0 Å². The summed E-state index contributed by atoms with van der Waals surface area (Å²) in [7, 11) is 0. The van der Waals surface area contributed by atoms with Crippen LogP contribution in [0.2, 0.25) is 5.02 Å². The van der Waals surface area contributed by atoms with Crippen LogP contribution in [-0.4, -0.2) is 29.0 Å². The summed E-state index contributed by atoms with van der Waals surface area (Å²) >= 11 is 5.91. The topological polar surface area (TPSA) is 67.3 Å². The molecule has 1 aliphatic rings. The van der Waals surface area contributed by atoms with E-state index in [1.807, 2.05) is 54.6 Å². The molecule has 0 aliphatic carbocycles. The molecule has 6 nitrogen and oxygen atoms in total. The van der Waals surface area contributed by atoms with Gasteiger partial charge >= 0.3 is 0 Å². The van der Waals surface area contributed by atoms with Crippen molar-refractivity contribution in [2.45, 2.75) is 19.4 Å². The van der Waals surface area contributed by atoms with E-state index < -0.39 is 0 Å². The van der Waals surface area contributed by atoms with E-state index in [4.69, 9.17) is 16.3 Å². The van der Waals surface area contributed by atoms with Crippen molar-refractivity contribution >= 4 is 29.0 Å². The molecule has 1 saturated heterocycles. The predicted molar refractivity (Wildman–Crippen MR) is 118 cm³/mol. The molecule has 3 aromatic rings. The summed E-state index contributed by atoms with van der Waals surface area (Å²) in [5.41, 5.74) is 1.59. The Kier molecular flexibility index (Phi) is 6.44. The zero-order valence-electron chi connectivity index (χ0n) is 16.5. The minimum absolute atomic E-state index is 0.0216. The van der Waals surface area contributed by atoms with E-state index in [0.29, 0.717) is 17.4 Å². The van der Waals surface area contributed by atoms with Gasteiger partial charge in [0.15, 0.2) is 0 Å². The van der Waals surface area contributed by atoms with Gasteiger partial charge in [-0.2, -0.15) is 0 Å². The number of piperidine rings is 1. The molecule has 1 fully saturated rings. The van der Waals surface area contributed by atoms with Crippen molar-refractivity contribution in [3.05, 3.63) is 77.7 Å². The molecule has 0 spiro atoms. The number of amides is 1. The Morgan fingerprint density at radius 3 is 2.70 bits per heavy atom. The van der Waals surface area contributed by atoms with Gasteiger partial charge in [-0.1, -0.05) is 23.7 Å². The first-order chi connectivity index (χ1) is 14.7. The van der Waals surface area contributed by atoms with Crippen molar-refractivity contribution in [3.63, 3.8) is 0 Å². The largest absolute Gasteiger partial charge is 0.487 e. The number of hydrogen-bond acceptors (Lipinski definition) is 5. The molecule has 0 unspecified atom stereocenters. The first kappa shape index (κ1) is 20.2. The Balaban J connectivity index is 1.29. The molecule has 4 rings (SSSR count). The third kappa shape index (κ3) is 5.27. The molecule has 1 N–H and O–H groups in total. The number of nitrogens with zero attached hydrogens (tertiary/aromatic N) is 3. The number of hydrogen-bond donors (Lipinski definition) is 1. The summed E-state index contributed by atoms with van der Waals surface area (Å²) in [6, 6.07) is 16.9. The number of carbonyl (C=O) groups excluding carboxylic acids is 1. The normalized spacial score (nSPS) is 14.4. The van der Waals surface area contributed by atoms with Crippen LogP contribution in [0.5, 0.6) is 5.75 Å². The summed E-state index contributed by atoms with van der Waals surface area (Å²) in [6.07, 6.45) is 4.96. The first-order valence-corrected chi connectivity index (χ1v) is 10.4. The highest BCUT2D eigenvalue weighted by atomic mass is 35.5. The van der Waals surface area contributed by atoms with E-state index in [1.54, 1.807) is 12.4 Å². The highest BCUT2D eigenvalue weighted by Crippen LogP contribution is 2.25. The van der Waals surface area contributed by atoms with Crippen molar-refractivity contribution in [1.29, 1.82) is 0 Å². The zero-order chi connectivity index (χ0) is 20.8. The lowest BCUT2D eigenvalue weighted by Crippen LogP contribution is -2.38. The molecular formula is C23H23ClN4O2. The number of pyridine rings is 2. The molecule has 0 radical (unpaired) electrons. The molecule has 30 heavy (non-hydrogen) atoms. The second-order valence-electron chi connectivity index (χ2n) is 7.22. The molecular weight excluding hydrogens is 400 g/mol. The van der Waals surface area contributed by atoms with E-state index in [2.05, 4.69) is 20.2 Å². The first-order valence-electron chi connectivity index (χ1n) is 9.97. The highest BCUT2D eigenvalue weighted by Gasteiger charge is 2.25. The number of aromatic nitrogens is 2. The minimum Gasteiger partial charge on any atom is -0.487 e. The van der Waals surface area contributed by atoms with Crippen LogP contribution in [0.15, 0.2) is 67.0 Å². The van der Waals surface area contributed by atoms with Gasteiger partial charge in [-0.15, -0.1) is 0 Å². The summed E-state index contributed by atoms with van der Waals surface area (Å²) in [5, 5.41) is 3.65. The Hall–Kier alpha value is -3.12. The number of benzene rings is 1. The van der Waals surface area contributed by atoms with Gasteiger partial charge < -0.3 is 15.0 Å². The standard InChI is InChI=1S/C23H23ClN4O2/c24-18-7-8-22(26-15-18)28-12-9-17(10-13-28)23(29)27-19-5-3-6-21(14-19)30-16-20-4-1-2-11-25-20/h1-8,11,14-15,17H,9-10,12-13,16H2,(H,27,29). The Morgan fingerprint density at radius 2 is 1.97 bits per heavy atom. The summed E-state index contributed by atoms with van der Waals surface area (Å²) < 4.78 is 5.79. The average Bonchev–Trinajstić information content (AvgIpc) is 2.79. The fourth-order valence-electron chi connectivity index (χ4n) is 3.47. The number of halogens is 1. The number of nitrogens with one attached hydrogen (secondary N) is 1. The monoisotopic (exact) mass is 422 g/mol. The maximum atomic E-state index is 12.7. The van der Waals surface area contributed by atoms with Gasteiger partial charge in [-0.3, -0.25) is 9.78 Å². The van der Waals surface area contributed by atoms with Crippen LogP contribution in [0.25, 0.3) is 0 Å². The van der Waals surface area contributed by atoms with Crippen molar-refractivity contribution in [2.75, 3.05) is 23.3 Å². The van der Waals surface area contributed by atoms with Crippen LogP contribution in [0.3, 0.4) is 0 Å². The second-order valence-corrected chi connectivity index (χ2v) is 7.66. The molecule has 2 aromatic heterocycles. The smallest absolute Gasteiger partial charge is 0.227 e. The lowest BCUT2D eigenvalue weighted by molar-refractivity contribution is -0.120. The van der Waals surface area contributed by atoms with Gasteiger partial charge in [0.25, 0.3) is 0 Å². The van der Waals surface area contributed by atoms with Gasteiger partial charge in [0.1, 0.15) is 18.2 Å². The molecule has 0 saturated carbocycles. The third-order valence-corrected chi connectivity index (χ3v) is 5.34. The Morgan fingerprint density at radius 1 is 1.10 bits per heavy atom.